The predicted molar refractivity (Wildman–Crippen MR) is 116 cm³/mol. The van der Waals surface area contributed by atoms with Crippen LogP contribution in [-0.4, -0.2) is 46.1 Å². The maximum Gasteiger partial charge on any atom is 0.352 e. The van der Waals surface area contributed by atoms with E-state index in [4.69, 9.17) is 4.84 Å². The third-order valence-electron chi connectivity index (χ3n) is 4.50. The number of rotatable bonds is 7. The molecule has 0 aliphatic carbocycles. The highest BCUT2D eigenvalue weighted by atomic mass is 32.2. The minimum absolute atomic E-state index is 0.0506. The molecule has 2 aromatic rings. The van der Waals surface area contributed by atoms with E-state index in [1.165, 1.54) is 0 Å². The second-order valence-corrected chi connectivity index (χ2v) is 8.90. The monoisotopic (exact) mass is 468 g/mol. The van der Waals surface area contributed by atoms with E-state index in [9.17, 15) is 24.0 Å². The van der Waals surface area contributed by atoms with Crippen molar-refractivity contribution in [2.45, 2.75) is 22.6 Å². The van der Waals surface area contributed by atoms with E-state index in [1.807, 2.05) is 60.7 Å². The predicted octanol–water partition coefficient (Wildman–Crippen LogP) is 2.76. The number of carbonyl (C=O) groups excluding carboxylic acids is 5. The fraction of sp³-hybridized carbons (Fsp3) is 0.136. The van der Waals surface area contributed by atoms with E-state index in [2.05, 4.69) is 0 Å². The lowest BCUT2D eigenvalue weighted by molar-refractivity contribution is -0.198. The van der Waals surface area contributed by atoms with Crippen molar-refractivity contribution in [1.29, 1.82) is 0 Å². The van der Waals surface area contributed by atoms with Crippen molar-refractivity contribution >= 4 is 53.1 Å². The van der Waals surface area contributed by atoms with Crippen LogP contribution in [0, 0.1) is 0 Å². The van der Waals surface area contributed by atoms with E-state index >= 15 is 0 Å². The third kappa shape index (κ3) is 4.61. The van der Waals surface area contributed by atoms with Gasteiger partial charge in [-0.3, -0.25) is 24.1 Å². The number of amides is 4. The van der Waals surface area contributed by atoms with Crippen LogP contribution < -0.4 is 0 Å². The van der Waals surface area contributed by atoms with Crippen LogP contribution in [0.4, 0.5) is 0 Å². The number of hydrogen-bond donors (Lipinski definition) is 0. The summed E-state index contributed by atoms with van der Waals surface area (Å²) < 4.78 is 0. The fourth-order valence-corrected chi connectivity index (χ4v) is 5.05. The summed E-state index contributed by atoms with van der Waals surface area (Å²) in [6.45, 7) is -0.716. The maximum atomic E-state index is 13.1. The molecule has 162 valence electrons. The molecular weight excluding hydrogens is 452 g/mol. The van der Waals surface area contributed by atoms with Gasteiger partial charge in [0.15, 0.2) is 0 Å². The number of benzene rings is 2. The standard InChI is InChI=1S/C22H16N2O6S2/c25-16-11-12-17(26)24(16)30-18(27)13-23-21(28)19(31-14-7-3-1-4-8-14)20(22(23)29)32-15-9-5-2-6-10-15/h1-10H,11-13H2. The van der Waals surface area contributed by atoms with E-state index < -0.39 is 36.1 Å². The average molecular weight is 469 g/mol. The summed E-state index contributed by atoms with van der Waals surface area (Å²) >= 11 is 2.26. The van der Waals surface area contributed by atoms with Crippen molar-refractivity contribution < 1.29 is 28.8 Å². The average Bonchev–Trinajstić information content (AvgIpc) is 3.22. The summed E-state index contributed by atoms with van der Waals surface area (Å²) in [5.74, 6) is -3.61. The number of thioether (sulfide) groups is 2. The summed E-state index contributed by atoms with van der Waals surface area (Å²) in [4.78, 5) is 69.3. The van der Waals surface area contributed by atoms with Gasteiger partial charge in [-0.1, -0.05) is 59.9 Å². The van der Waals surface area contributed by atoms with Crippen molar-refractivity contribution in [2.75, 3.05) is 6.54 Å². The topological polar surface area (TPSA) is 101 Å². The molecule has 4 rings (SSSR count). The van der Waals surface area contributed by atoms with Crippen LogP contribution in [0.15, 0.2) is 80.3 Å². The second-order valence-electron chi connectivity index (χ2n) is 6.73. The van der Waals surface area contributed by atoms with Gasteiger partial charge in [-0.15, -0.1) is 5.06 Å². The smallest absolute Gasteiger partial charge is 0.328 e. The van der Waals surface area contributed by atoms with Crippen molar-refractivity contribution in [1.82, 2.24) is 9.96 Å². The number of nitrogens with zero attached hydrogens (tertiary/aromatic N) is 2. The highest BCUT2D eigenvalue weighted by Gasteiger charge is 2.42. The highest BCUT2D eigenvalue weighted by molar-refractivity contribution is 8.08. The Bertz CT molecular complexity index is 1050. The Morgan fingerprint density at radius 3 is 1.62 bits per heavy atom. The van der Waals surface area contributed by atoms with Gasteiger partial charge in [0.05, 0.1) is 9.81 Å². The third-order valence-corrected chi connectivity index (χ3v) is 6.81. The molecule has 8 nitrogen and oxygen atoms in total. The normalized spacial score (nSPS) is 16.4. The Morgan fingerprint density at radius 1 is 0.750 bits per heavy atom. The van der Waals surface area contributed by atoms with Gasteiger partial charge >= 0.3 is 5.97 Å². The van der Waals surface area contributed by atoms with Crippen LogP contribution in [0.3, 0.4) is 0 Å². The van der Waals surface area contributed by atoms with Crippen LogP contribution in [0.2, 0.25) is 0 Å². The summed E-state index contributed by atoms with van der Waals surface area (Å²) in [5.41, 5.74) is 0. The molecule has 10 heteroatoms. The van der Waals surface area contributed by atoms with Gasteiger partial charge in [0.2, 0.25) is 0 Å². The lowest BCUT2D eigenvalue weighted by atomic mass is 10.4. The van der Waals surface area contributed by atoms with Crippen LogP contribution in [0.25, 0.3) is 0 Å². The van der Waals surface area contributed by atoms with Gasteiger partial charge < -0.3 is 4.84 Å². The number of imide groups is 2. The zero-order valence-corrected chi connectivity index (χ0v) is 18.2. The van der Waals surface area contributed by atoms with Crippen LogP contribution in [-0.2, 0) is 28.8 Å². The van der Waals surface area contributed by atoms with E-state index in [1.54, 1.807) is 0 Å². The molecule has 0 spiro atoms. The Balaban J connectivity index is 1.56. The van der Waals surface area contributed by atoms with Crippen LogP contribution in [0.5, 0.6) is 0 Å². The largest absolute Gasteiger partial charge is 0.352 e. The molecule has 0 N–H and O–H groups in total. The number of hydroxylamine groups is 2. The van der Waals surface area contributed by atoms with Crippen LogP contribution in [0.1, 0.15) is 12.8 Å². The molecule has 4 amide bonds. The molecule has 1 fully saturated rings. The number of hydrogen-bond acceptors (Lipinski definition) is 8. The molecule has 0 radical (unpaired) electrons. The first-order valence-electron chi connectivity index (χ1n) is 9.57. The first kappa shape index (κ1) is 21.8. The molecular formula is C22H16N2O6S2. The Kier molecular flexibility index (Phi) is 6.42. The minimum atomic E-state index is -1.05. The summed E-state index contributed by atoms with van der Waals surface area (Å²) in [5, 5.41) is 0.389. The van der Waals surface area contributed by atoms with Gasteiger partial charge in [0.1, 0.15) is 6.54 Å². The summed E-state index contributed by atoms with van der Waals surface area (Å²) in [6, 6.07) is 18.2. The van der Waals surface area contributed by atoms with E-state index in [0.29, 0.717) is 5.06 Å². The minimum Gasteiger partial charge on any atom is -0.328 e. The van der Waals surface area contributed by atoms with Gasteiger partial charge in [-0.2, -0.15) is 0 Å². The van der Waals surface area contributed by atoms with Crippen molar-refractivity contribution in [3.63, 3.8) is 0 Å². The quantitative estimate of drug-likeness (QED) is 0.572. The Hall–Kier alpha value is -3.37. The first-order chi connectivity index (χ1) is 15.4. The van der Waals surface area contributed by atoms with E-state index in [-0.39, 0.29) is 22.7 Å². The van der Waals surface area contributed by atoms with Gasteiger partial charge in [0, 0.05) is 22.6 Å². The molecule has 0 atom stereocenters. The van der Waals surface area contributed by atoms with Gasteiger partial charge in [0.25, 0.3) is 23.6 Å². The molecule has 2 aromatic carbocycles. The molecule has 0 unspecified atom stereocenters. The molecule has 1 saturated heterocycles. The Labute approximate surface area is 191 Å². The highest BCUT2D eigenvalue weighted by Crippen LogP contribution is 2.42. The molecule has 2 aliphatic heterocycles. The molecule has 0 bridgehead atoms. The molecule has 2 aliphatic rings. The molecule has 32 heavy (non-hydrogen) atoms. The van der Waals surface area contributed by atoms with Crippen LogP contribution >= 0.6 is 23.5 Å². The fourth-order valence-electron chi connectivity index (χ4n) is 2.99. The van der Waals surface area contributed by atoms with Gasteiger partial charge in [-0.05, 0) is 24.3 Å². The number of carbonyl (C=O) groups is 5. The lowest BCUT2D eigenvalue weighted by Crippen LogP contribution is -2.40. The molecule has 2 heterocycles. The zero-order chi connectivity index (χ0) is 22.7. The summed E-state index contributed by atoms with van der Waals surface area (Å²) in [6.07, 6.45) is -0.101. The molecule has 0 aromatic heterocycles. The SMILES string of the molecule is O=C(CN1C(=O)C(Sc2ccccc2)=C(Sc2ccccc2)C1=O)ON1C(=O)CCC1=O. The van der Waals surface area contributed by atoms with Crippen molar-refractivity contribution in [2.24, 2.45) is 0 Å². The summed E-state index contributed by atoms with van der Waals surface area (Å²) in [7, 11) is 0. The maximum absolute atomic E-state index is 13.1. The van der Waals surface area contributed by atoms with E-state index in [0.717, 1.165) is 38.2 Å². The lowest BCUT2D eigenvalue weighted by Gasteiger charge is -2.17. The molecule has 0 saturated carbocycles. The second kappa shape index (κ2) is 9.41. The van der Waals surface area contributed by atoms with Gasteiger partial charge in [-0.25, -0.2) is 4.79 Å². The van der Waals surface area contributed by atoms with Crippen molar-refractivity contribution in [3.8, 4) is 0 Å². The Morgan fingerprint density at radius 2 is 1.19 bits per heavy atom. The van der Waals surface area contributed by atoms with Crippen molar-refractivity contribution in [3.05, 3.63) is 70.5 Å². The zero-order valence-electron chi connectivity index (χ0n) is 16.6. The first-order valence-corrected chi connectivity index (χ1v) is 11.2.